The van der Waals surface area contributed by atoms with E-state index in [2.05, 4.69) is 23.8 Å². The van der Waals surface area contributed by atoms with E-state index in [-0.39, 0.29) is 5.75 Å². The monoisotopic (exact) mass is 312 g/mol. The fourth-order valence-electron chi connectivity index (χ4n) is 3.13. The van der Waals surface area contributed by atoms with Crippen molar-refractivity contribution >= 4 is 0 Å². The highest BCUT2D eigenvalue weighted by molar-refractivity contribution is 5.29. The van der Waals surface area contributed by atoms with Crippen molar-refractivity contribution in [1.82, 2.24) is 0 Å². The maximum absolute atomic E-state index is 12.1. The van der Waals surface area contributed by atoms with Crippen LogP contribution in [0.15, 0.2) is 36.4 Å². The number of alkyl halides is 3. The normalized spacial score (nSPS) is 22.9. The fraction of sp³-hybridized carbons (Fsp3) is 0.556. The zero-order valence-corrected chi connectivity index (χ0v) is 12.9. The molecule has 122 valence electrons. The molecule has 1 aromatic rings. The van der Waals surface area contributed by atoms with Gasteiger partial charge < -0.3 is 4.74 Å². The van der Waals surface area contributed by atoms with Gasteiger partial charge in [-0.3, -0.25) is 0 Å². The van der Waals surface area contributed by atoms with Gasteiger partial charge in [0.2, 0.25) is 0 Å². The van der Waals surface area contributed by atoms with E-state index in [4.69, 9.17) is 0 Å². The van der Waals surface area contributed by atoms with Crippen LogP contribution >= 0.6 is 0 Å². The van der Waals surface area contributed by atoms with Crippen LogP contribution in [0, 0.1) is 5.92 Å². The highest BCUT2D eigenvalue weighted by Crippen LogP contribution is 2.37. The van der Waals surface area contributed by atoms with Gasteiger partial charge in [0.1, 0.15) is 5.75 Å². The molecule has 0 atom stereocenters. The van der Waals surface area contributed by atoms with E-state index in [0.29, 0.717) is 5.92 Å². The van der Waals surface area contributed by atoms with Gasteiger partial charge in [-0.2, -0.15) is 0 Å². The second-order valence-electron chi connectivity index (χ2n) is 5.95. The summed E-state index contributed by atoms with van der Waals surface area (Å²) in [5, 5.41) is 0. The number of allylic oxidation sites excluding steroid dienone is 2. The van der Waals surface area contributed by atoms with Crippen molar-refractivity contribution in [2.75, 3.05) is 0 Å². The molecule has 22 heavy (non-hydrogen) atoms. The fourth-order valence-corrected chi connectivity index (χ4v) is 3.13. The molecule has 0 spiro atoms. The molecule has 0 heterocycles. The Morgan fingerprint density at radius 1 is 1.05 bits per heavy atom. The summed E-state index contributed by atoms with van der Waals surface area (Å²) < 4.78 is 40.3. The van der Waals surface area contributed by atoms with Crippen LogP contribution in [0.2, 0.25) is 0 Å². The Morgan fingerprint density at radius 2 is 1.68 bits per heavy atom. The van der Waals surface area contributed by atoms with Crippen LogP contribution in [-0.2, 0) is 0 Å². The Labute approximate surface area is 130 Å². The summed E-state index contributed by atoms with van der Waals surface area (Å²) >= 11 is 0. The van der Waals surface area contributed by atoms with Gasteiger partial charge in [0.15, 0.2) is 0 Å². The Balaban J connectivity index is 1.85. The van der Waals surface area contributed by atoms with Crippen LogP contribution in [0.5, 0.6) is 5.75 Å². The lowest BCUT2D eigenvalue weighted by Gasteiger charge is -2.28. The van der Waals surface area contributed by atoms with Crippen molar-refractivity contribution in [3.05, 3.63) is 42.0 Å². The molecule has 0 N–H and O–H groups in total. The lowest BCUT2D eigenvalue weighted by molar-refractivity contribution is -0.274. The minimum atomic E-state index is -4.62. The van der Waals surface area contributed by atoms with Gasteiger partial charge in [-0.05, 0) is 68.1 Å². The summed E-state index contributed by atoms with van der Waals surface area (Å²) in [6.07, 6.45) is 6.72. The van der Waals surface area contributed by atoms with Crippen molar-refractivity contribution in [3.63, 3.8) is 0 Å². The standard InChI is InChI=1S/C18H23F3O/c1-2-3-4-5-14-6-8-15(9-7-14)16-10-12-17(13-11-16)22-18(19,20)21/h3-4,10-15H,2,5-9H2,1H3/b4-3-/t14-,15-. The zero-order valence-electron chi connectivity index (χ0n) is 12.9. The SMILES string of the molecule is CC/C=C\C[C@H]1CC[C@H](c2ccc(OC(F)(F)F)cc2)CC1. The second-order valence-corrected chi connectivity index (χ2v) is 5.95. The lowest BCUT2D eigenvalue weighted by Crippen LogP contribution is -2.17. The second kappa shape index (κ2) is 7.70. The predicted molar refractivity (Wildman–Crippen MR) is 81.9 cm³/mol. The molecule has 1 fully saturated rings. The van der Waals surface area contributed by atoms with Gasteiger partial charge >= 0.3 is 6.36 Å². The van der Waals surface area contributed by atoms with Gasteiger partial charge in [-0.1, -0.05) is 31.2 Å². The molecule has 0 unspecified atom stereocenters. The van der Waals surface area contributed by atoms with Gasteiger partial charge in [0.25, 0.3) is 0 Å². The average molecular weight is 312 g/mol. The van der Waals surface area contributed by atoms with Crippen molar-refractivity contribution in [3.8, 4) is 5.75 Å². The molecule has 2 rings (SSSR count). The highest BCUT2D eigenvalue weighted by atomic mass is 19.4. The summed E-state index contributed by atoms with van der Waals surface area (Å²) in [6, 6.07) is 6.36. The van der Waals surface area contributed by atoms with Crippen molar-refractivity contribution < 1.29 is 17.9 Å². The molecule has 0 radical (unpaired) electrons. The quantitative estimate of drug-likeness (QED) is 0.587. The molecule has 1 aromatic carbocycles. The number of rotatable bonds is 5. The average Bonchev–Trinajstić information content (AvgIpc) is 2.48. The van der Waals surface area contributed by atoms with Crippen molar-refractivity contribution in [2.24, 2.45) is 5.92 Å². The third kappa shape index (κ3) is 5.39. The maximum atomic E-state index is 12.1. The number of hydrogen-bond donors (Lipinski definition) is 0. The molecule has 0 saturated heterocycles. The number of hydrogen-bond acceptors (Lipinski definition) is 1. The molecule has 1 nitrogen and oxygen atoms in total. The first-order valence-corrected chi connectivity index (χ1v) is 7.98. The molecule has 0 aromatic heterocycles. The Morgan fingerprint density at radius 3 is 2.23 bits per heavy atom. The largest absolute Gasteiger partial charge is 0.573 e. The van der Waals surface area contributed by atoms with E-state index in [1.807, 2.05) is 0 Å². The molecule has 0 amide bonds. The van der Waals surface area contributed by atoms with Crippen molar-refractivity contribution in [1.29, 1.82) is 0 Å². The number of benzene rings is 1. The third-order valence-electron chi connectivity index (χ3n) is 4.30. The summed E-state index contributed by atoms with van der Waals surface area (Å²) in [4.78, 5) is 0. The van der Waals surface area contributed by atoms with Crippen molar-refractivity contribution in [2.45, 2.75) is 57.7 Å². The molecule has 0 bridgehead atoms. The molecule has 0 aliphatic heterocycles. The van der Waals surface area contributed by atoms with E-state index in [0.717, 1.165) is 37.2 Å². The first kappa shape index (κ1) is 16.9. The van der Waals surface area contributed by atoms with E-state index in [1.54, 1.807) is 12.1 Å². The lowest BCUT2D eigenvalue weighted by atomic mass is 9.77. The summed E-state index contributed by atoms with van der Waals surface area (Å²) in [7, 11) is 0. The number of ether oxygens (including phenoxy) is 1. The summed E-state index contributed by atoms with van der Waals surface area (Å²) in [5.74, 6) is 1.08. The van der Waals surface area contributed by atoms with Crippen LogP contribution in [0.25, 0.3) is 0 Å². The molecule has 4 heteroatoms. The first-order chi connectivity index (χ1) is 10.5. The molecule has 1 saturated carbocycles. The third-order valence-corrected chi connectivity index (χ3v) is 4.30. The van der Waals surface area contributed by atoms with E-state index >= 15 is 0 Å². The minimum Gasteiger partial charge on any atom is -0.406 e. The number of halogens is 3. The predicted octanol–water partition coefficient (Wildman–Crippen LogP) is 6.22. The van der Waals surface area contributed by atoms with Gasteiger partial charge in [-0.25, -0.2) is 0 Å². The van der Waals surface area contributed by atoms with E-state index in [1.165, 1.54) is 25.0 Å². The maximum Gasteiger partial charge on any atom is 0.573 e. The van der Waals surface area contributed by atoms with Gasteiger partial charge in [0, 0.05) is 0 Å². The Hall–Kier alpha value is -1.45. The van der Waals surface area contributed by atoms with Crippen LogP contribution in [0.1, 0.15) is 56.9 Å². The Kier molecular flexibility index (Phi) is 5.92. The van der Waals surface area contributed by atoms with E-state index in [9.17, 15) is 13.2 Å². The van der Waals surface area contributed by atoms with Crippen LogP contribution < -0.4 is 4.74 Å². The zero-order chi connectivity index (χ0) is 16.0. The topological polar surface area (TPSA) is 9.23 Å². The van der Waals surface area contributed by atoms with E-state index < -0.39 is 6.36 Å². The summed E-state index contributed by atoms with van der Waals surface area (Å²) in [6.45, 7) is 2.14. The summed E-state index contributed by atoms with van der Waals surface area (Å²) in [5.41, 5.74) is 1.12. The smallest absolute Gasteiger partial charge is 0.406 e. The molecule has 1 aliphatic rings. The first-order valence-electron chi connectivity index (χ1n) is 7.98. The van der Waals surface area contributed by atoms with Crippen LogP contribution in [0.4, 0.5) is 13.2 Å². The Bertz CT molecular complexity index is 468. The van der Waals surface area contributed by atoms with Crippen LogP contribution in [-0.4, -0.2) is 6.36 Å². The molecule has 1 aliphatic carbocycles. The molecular formula is C18H23F3O. The van der Waals surface area contributed by atoms with Crippen LogP contribution in [0.3, 0.4) is 0 Å². The minimum absolute atomic E-state index is 0.144. The molecular weight excluding hydrogens is 289 g/mol. The van der Waals surface area contributed by atoms with Gasteiger partial charge in [-0.15, -0.1) is 13.2 Å². The van der Waals surface area contributed by atoms with Gasteiger partial charge in [0.05, 0.1) is 0 Å². The highest BCUT2D eigenvalue weighted by Gasteiger charge is 2.31.